The largest absolute Gasteiger partial charge is 0.369 e. The van der Waals surface area contributed by atoms with Gasteiger partial charge in [0.15, 0.2) is 0 Å². The van der Waals surface area contributed by atoms with Crippen LogP contribution in [0.2, 0.25) is 0 Å². The van der Waals surface area contributed by atoms with Crippen LogP contribution >= 0.6 is 0 Å². The molecule has 1 atom stereocenters. The molecule has 0 N–H and O–H groups in total. The van der Waals surface area contributed by atoms with Crippen LogP contribution in [0, 0.1) is 18.3 Å². The lowest BCUT2D eigenvalue weighted by Crippen LogP contribution is -2.47. The lowest BCUT2D eigenvalue weighted by atomic mass is 10.0. The van der Waals surface area contributed by atoms with Crippen LogP contribution in [0.5, 0.6) is 0 Å². The van der Waals surface area contributed by atoms with E-state index in [4.69, 9.17) is 5.26 Å². The molecule has 1 aliphatic rings. The molecule has 23 heavy (non-hydrogen) atoms. The molecule has 1 aromatic heterocycles. The average Bonchev–Trinajstić information content (AvgIpc) is 2.62. The Kier molecular flexibility index (Phi) is 4.42. The molecule has 1 aliphatic heterocycles. The Morgan fingerprint density at radius 2 is 1.91 bits per heavy atom. The van der Waals surface area contributed by atoms with E-state index in [2.05, 4.69) is 32.9 Å². The maximum atomic E-state index is 8.92. The Hall–Kier alpha value is -2.61. The molecule has 1 unspecified atom stereocenters. The number of anilines is 2. The number of aromatic nitrogens is 2. The summed E-state index contributed by atoms with van der Waals surface area (Å²) in [5.41, 5.74) is 2.95. The third-order valence-corrected chi connectivity index (χ3v) is 4.39. The summed E-state index contributed by atoms with van der Waals surface area (Å²) in [6.45, 7) is 3.99. The van der Waals surface area contributed by atoms with E-state index < -0.39 is 0 Å². The van der Waals surface area contributed by atoms with Crippen LogP contribution in [0.25, 0.3) is 0 Å². The van der Waals surface area contributed by atoms with Gasteiger partial charge in [-0.05, 0) is 49.6 Å². The van der Waals surface area contributed by atoms with Gasteiger partial charge in [0.1, 0.15) is 0 Å². The average molecular weight is 307 g/mol. The third kappa shape index (κ3) is 3.42. The number of piperidine rings is 1. The van der Waals surface area contributed by atoms with E-state index in [1.165, 1.54) is 5.69 Å². The lowest BCUT2D eigenvalue weighted by molar-refractivity contribution is 0.483. The van der Waals surface area contributed by atoms with Gasteiger partial charge < -0.3 is 9.80 Å². The van der Waals surface area contributed by atoms with Crippen molar-refractivity contribution in [2.45, 2.75) is 25.8 Å². The van der Waals surface area contributed by atoms with Gasteiger partial charge >= 0.3 is 0 Å². The number of aryl methyl sites for hydroxylation is 1. The molecule has 1 aromatic carbocycles. The van der Waals surface area contributed by atoms with Crippen LogP contribution in [0.4, 0.5) is 11.6 Å². The molecular formula is C18H21N5. The first-order chi connectivity index (χ1) is 11.2. The number of hydrogen-bond donors (Lipinski definition) is 0. The fourth-order valence-electron chi connectivity index (χ4n) is 2.98. The molecular weight excluding hydrogens is 286 g/mol. The van der Waals surface area contributed by atoms with Gasteiger partial charge in [0.2, 0.25) is 5.95 Å². The van der Waals surface area contributed by atoms with Crippen molar-refractivity contribution in [1.29, 1.82) is 5.26 Å². The van der Waals surface area contributed by atoms with Crippen LogP contribution in [-0.4, -0.2) is 36.1 Å². The van der Waals surface area contributed by atoms with Gasteiger partial charge in [-0.25, -0.2) is 9.97 Å². The summed E-state index contributed by atoms with van der Waals surface area (Å²) < 4.78 is 0. The van der Waals surface area contributed by atoms with Crippen molar-refractivity contribution < 1.29 is 0 Å². The predicted octanol–water partition coefficient (Wildman–Crippen LogP) is 2.76. The first-order valence-corrected chi connectivity index (χ1v) is 7.94. The number of likely N-dealkylation sites (N-methyl/N-ethyl adjacent to an activating group) is 1. The fourth-order valence-corrected chi connectivity index (χ4v) is 2.98. The molecule has 0 radical (unpaired) electrons. The van der Waals surface area contributed by atoms with Gasteiger partial charge in [0.25, 0.3) is 0 Å². The van der Waals surface area contributed by atoms with Gasteiger partial charge in [-0.2, -0.15) is 5.26 Å². The van der Waals surface area contributed by atoms with Crippen LogP contribution in [-0.2, 0) is 0 Å². The Morgan fingerprint density at radius 3 is 2.57 bits per heavy atom. The Bertz CT molecular complexity index is 687. The van der Waals surface area contributed by atoms with Gasteiger partial charge in [-0.3, -0.25) is 0 Å². The molecule has 118 valence electrons. The van der Waals surface area contributed by atoms with Crippen molar-refractivity contribution in [1.82, 2.24) is 9.97 Å². The number of nitrogens with zero attached hydrogens (tertiary/aromatic N) is 5. The van der Waals surface area contributed by atoms with Crippen LogP contribution in [0.3, 0.4) is 0 Å². The quantitative estimate of drug-likeness (QED) is 0.872. The summed E-state index contributed by atoms with van der Waals surface area (Å²) in [4.78, 5) is 13.4. The highest BCUT2D eigenvalue weighted by Crippen LogP contribution is 2.24. The second-order valence-electron chi connectivity index (χ2n) is 6.07. The standard InChI is InChI=1S/C18H21N5/c1-14-11-20-18(21-12-14)22(2)17-4-3-9-23(13-17)16-7-5-15(10-19)6-8-16/h5-8,11-12,17H,3-4,9,13H2,1-2H3. The van der Waals surface area contributed by atoms with Crippen LogP contribution in [0.1, 0.15) is 24.0 Å². The number of nitriles is 1. The smallest absolute Gasteiger partial charge is 0.225 e. The lowest BCUT2D eigenvalue weighted by Gasteiger charge is -2.38. The summed E-state index contributed by atoms with van der Waals surface area (Å²) in [6.07, 6.45) is 6.00. The highest BCUT2D eigenvalue weighted by atomic mass is 15.3. The third-order valence-electron chi connectivity index (χ3n) is 4.39. The molecule has 5 heteroatoms. The molecule has 2 aromatic rings. The number of rotatable bonds is 3. The topological polar surface area (TPSA) is 56.1 Å². The minimum atomic E-state index is 0.391. The van der Waals surface area contributed by atoms with Crippen molar-refractivity contribution in [2.75, 3.05) is 29.9 Å². The van der Waals surface area contributed by atoms with Crippen molar-refractivity contribution in [3.8, 4) is 6.07 Å². The number of benzene rings is 1. The summed E-state index contributed by atoms with van der Waals surface area (Å²) >= 11 is 0. The maximum absolute atomic E-state index is 8.92. The van der Waals surface area contributed by atoms with Crippen LogP contribution < -0.4 is 9.80 Å². The van der Waals surface area contributed by atoms with E-state index in [1.807, 2.05) is 43.6 Å². The second-order valence-corrected chi connectivity index (χ2v) is 6.07. The Balaban J connectivity index is 1.72. The molecule has 5 nitrogen and oxygen atoms in total. The SMILES string of the molecule is Cc1cnc(N(C)C2CCCN(c3ccc(C#N)cc3)C2)nc1. The van der Waals surface area contributed by atoms with Crippen LogP contribution in [0.15, 0.2) is 36.7 Å². The van der Waals surface area contributed by atoms with Gasteiger partial charge in [-0.15, -0.1) is 0 Å². The first kappa shape index (κ1) is 15.3. The van der Waals surface area contributed by atoms with E-state index in [9.17, 15) is 0 Å². The first-order valence-electron chi connectivity index (χ1n) is 7.94. The molecule has 0 aliphatic carbocycles. The van der Waals surface area contributed by atoms with Crippen molar-refractivity contribution in [3.05, 3.63) is 47.8 Å². The van der Waals surface area contributed by atoms with Gasteiger partial charge in [0.05, 0.1) is 11.6 Å². The van der Waals surface area contributed by atoms with E-state index >= 15 is 0 Å². The van der Waals surface area contributed by atoms with Crippen molar-refractivity contribution >= 4 is 11.6 Å². The highest BCUT2D eigenvalue weighted by Gasteiger charge is 2.24. The zero-order valence-electron chi connectivity index (χ0n) is 13.6. The Labute approximate surface area is 137 Å². The molecule has 1 saturated heterocycles. The zero-order valence-corrected chi connectivity index (χ0v) is 13.6. The zero-order chi connectivity index (χ0) is 16.2. The minimum Gasteiger partial charge on any atom is -0.369 e. The maximum Gasteiger partial charge on any atom is 0.225 e. The van der Waals surface area contributed by atoms with E-state index in [0.717, 1.165) is 37.4 Å². The summed E-state index contributed by atoms with van der Waals surface area (Å²) in [5, 5.41) is 8.92. The molecule has 0 bridgehead atoms. The monoisotopic (exact) mass is 307 g/mol. The fraction of sp³-hybridized carbons (Fsp3) is 0.389. The molecule has 0 spiro atoms. The number of hydrogen-bond acceptors (Lipinski definition) is 5. The minimum absolute atomic E-state index is 0.391. The molecule has 0 amide bonds. The summed E-state index contributed by atoms with van der Waals surface area (Å²) in [5.74, 6) is 0.780. The summed E-state index contributed by atoms with van der Waals surface area (Å²) in [7, 11) is 2.07. The highest BCUT2D eigenvalue weighted by molar-refractivity contribution is 5.50. The Morgan fingerprint density at radius 1 is 1.22 bits per heavy atom. The van der Waals surface area contributed by atoms with E-state index in [1.54, 1.807) is 0 Å². The van der Waals surface area contributed by atoms with Crippen molar-refractivity contribution in [3.63, 3.8) is 0 Å². The van der Waals surface area contributed by atoms with Crippen molar-refractivity contribution in [2.24, 2.45) is 0 Å². The second kappa shape index (κ2) is 6.66. The molecule has 3 rings (SSSR count). The molecule has 1 fully saturated rings. The van der Waals surface area contributed by atoms with Gasteiger partial charge in [0, 0.05) is 44.3 Å². The summed E-state index contributed by atoms with van der Waals surface area (Å²) in [6, 6.07) is 10.4. The normalized spacial score (nSPS) is 17.6. The predicted molar refractivity (Wildman–Crippen MR) is 91.6 cm³/mol. The van der Waals surface area contributed by atoms with E-state index in [-0.39, 0.29) is 0 Å². The van der Waals surface area contributed by atoms with E-state index in [0.29, 0.717) is 11.6 Å². The molecule has 0 saturated carbocycles. The molecule has 2 heterocycles. The van der Waals surface area contributed by atoms with Gasteiger partial charge in [-0.1, -0.05) is 0 Å².